The molecule has 0 spiro atoms. The van der Waals surface area contributed by atoms with Crippen LogP contribution in [-0.4, -0.2) is 17.6 Å². The van der Waals surface area contributed by atoms with Crippen LogP contribution in [0.5, 0.6) is 5.75 Å². The lowest BCUT2D eigenvalue weighted by atomic mass is 10.1. The van der Waals surface area contributed by atoms with E-state index >= 15 is 0 Å². The van der Waals surface area contributed by atoms with Crippen LogP contribution in [0.4, 0.5) is 0 Å². The van der Waals surface area contributed by atoms with Crippen LogP contribution in [0.25, 0.3) is 11.5 Å². The van der Waals surface area contributed by atoms with Gasteiger partial charge in [-0.2, -0.15) is 0 Å². The Labute approximate surface area is 139 Å². The van der Waals surface area contributed by atoms with Gasteiger partial charge in [-0.05, 0) is 32.4 Å². The summed E-state index contributed by atoms with van der Waals surface area (Å²) in [7, 11) is 0. The van der Waals surface area contributed by atoms with Crippen molar-refractivity contribution in [2.24, 2.45) is 0 Å². The maximum atomic E-state index is 5.64. The van der Waals surface area contributed by atoms with E-state index in [-0.39, 0.29) is 0 Å². The third kappa shape index (κ3) is 5.39. The van der Waals surface area contributed by atoms with Crippen LogP contribution >= 0.6 is 0 Å². The normalized spacial score (nSPS) is 12.3. The average molecular weight is 316 g/mol. The average Bonchev–Trinajstić information content (AvgIpc) is 3.03. The van der Waals surface area contributed by atoms with Crippen molar-refractivity contribution in [1.29, 1.82) is 0 Å². The van der Waals surface area contributed by atoms with Crippen LogP contribution in [0.1, 0.15) is 52.1 Å². The van der Waals surface area contributed by atoms with Gasteiger partial charge in [-0.15, -0.1) is 0 Å². The summed E-state index contributed by atoms with van der Waals surface area (Å²) < 4.78 is 11.3. The molecule has 0 radical (unpaired) electrons. The number of aromatic nitrogens is 1. The van der Waals surface area contributed by atoms with Gasteiger partial charge in [-0.1, -0.05) is 38.3 Å². The fourth-order valence-electron chi connectivity index (χ4n) is 2.52. The van der Waals surface area contributed by atoms with E-state index in [1.165, 1.54) is 25.7 Å². The molecule has 126 valence electrons. The third-order valence-corrected chi connectivity index (χ3v) is 3.84. The monoisotopic (exact) mass is 316 g/mol. The van der Waals surface area contributed by atoms with Gasteiger partial charge in [0.05, 0.1) is 17.9 Å². The summed E-state index contributed by atoms with van der Waals surface area (Å²) in [4.78, 5) is 4.58. The highest BCUT2D eigenvalue weighted by atomic mass is 16.5. The van der Waals surface area contributed by atoms with Crippen molar-refractivity contribution in [2.45, 2.75) is 59.0 Å². The minimum absolute atomic E-state index is 0.498. The molecule has 0 saturated heterocycles. The van der Waals surface area contributed by atoms with Gasteiger partial charge in [0.1, 0.15) is 12.0 Å². The van der Waals surface area contributed by atoms with Crippen molar-refractivity contribution >= 4 is 0 Å². The Morgan fingerprint density at radius 3 is 2.83 bits per heavy atom. The molecule has 1 aromatic heterocycles. The first kappa shape index (κ1) is 17.5. The predicted octanol–water partition coefficient (Wildman–Crippen LogP) is 4.80. The lowest BCUT2D eigenvalue weighted by molar-refractivity contribution is 0.340. The molecule has 2 rings (SSSR count). The fourth-order valence-corrected chi connectivity index (χ4v) is 2.52. The van der Waals surface area contributed by atoms with E-state index in [9.17, 15) is 0 Å². The first-order valence-corrected chi connectivity index (χ1v) is 8.64. The van der Waals surface area contributed by atoms with E-state index in [0.717, 1.165) is 23.6 Å². The first-order valence-electron chi connectivity index (χ1n) is 8.64. The Morgan fingerprint density at radius 2 is 2.04 bits per heavy atom. The third-order valence-electron chi connectivity index (χ3n) is 3.84. The van der Waals surface area contributed by atoms with E-state index < -0.39 is 0 Å². The van der Waals surface area contributed by atoms with Crippen molar-refractivity contribution in [2.75, 3.05) is 6.61 Å². The number of nitrogens with one attached hydrogen (secondary N) is 1. The standard InChI is InChI=1S/C19H28N2O2/c1-4-6-7-10-15(3)20-13-16-14-23-19(21-16)17-11-8-9-12-18(17)22-5-2/h8-9,11-12,14-15,20H,4-7,10,13H2,1-3H3. The summed E-state index contributed by atoms with van der Waals surface area (Å²) in [6, 6.07) is 8.34. The molecular formula is C19H28N2O2. The second-order valence-electron chi connectivity index (χ2n) is 5.85. The van der Waals surface area contributed by atoms with Crippen LogP contribution in [0.3, 0.4) is 0 Å². The zero-order valence-electron chi connectivity index (χ0n) is 14.5. The molecule has 0 fully saturated rings. The number of benzene rings is 1. The Morgan fingerprint density at radius 1 is 1.22 bits per heavy atom. The number of hydrogen-bond acceptors (Lipinski definition) is 4. The van der Waals surface area contributed by atoms with E-state index in [0.29, 0.717) is 18.5 Å². The second-order valence-corrected chi connectivity index (χ2v) is 5.85. The lowest BCUT2D eigenvalue weighted by Crippen LogP contribution is -2.25. The van der Waals surface area contributed by atoms with Crippen LogP contribution in [-0.2, 0) is 6.54 Å². The number of hydrogen-bond donors (Lipinski definition) is 1. The van der Waals surface area contributed by atoms with E-state index in [1.807, 2.05) is 31.2 Å². The summed E-state index contributed by atoms with van der Waals surface area (Å²) >= 11 is 0. The van der Waals surface area contributed by atoms with Gasteiger partial charge in [-0.25, -0.2) is 4.98 Å². The molecular weight excluding hydrogens is 288 g/mol. The molecule has 4 nitrogen and oxygen atoms in total. The van der Waals surface area contributed by atoms with Gasteiger partial charge in [0.2, 0.25) is 5.89 Å². The molecule has 1 unspecified atom stereocenters. The summed E-state index contributed by atoms with van der Waals surface area (Å²) in [5, 5.41) is 3.51. The van der Waals surface area contributed by atoms with Gasteiger partial charge in [0, 0.05) is 12.6 Å². The molecule has 0 aliphatic rings. The molecule has 0 bridgehead atoms. The summed E-state index contributed by atoms with van der Waals surface area (Å²) in [6.45, 7) is 7.78. The summed E-state index contributed by atoms with van der Waals surface area (Å²) in [6.07, 6.45) is 6.76. The zero-order chi connectivity index (χ0) is 16.5. The first-order chi connectivity index (χ1) is 11.2. The van der Waals surface area contributed by atoms with Gasteiger partial charge >= 0.3 is 0 Å². The number of para-hydroxylation sites is 1. The van der Waals surface area contributed by atoms with Crippen molar-refractivity contribution in [3.63, 3.8) is 0 Å². The number of unbranched alkanes of at least 4 members (excludes halogenated alkanes) is 2. The molecule has 0 aliphatic carbocycles. The molecule has 0 amide bonds. The highest BCUT2D eigenvalue weighted by Crippen LogP contribution is 2.29. The minimum atomic E-state index is 0.498. The van der Waals surface area contributed by atoms with Crippen molar-refractivity contribution in [1.82, 2.24) is 10.3 Å². The highest BCUT2D eigenvalue weighted by Gasteiger charge is 2.12. The highest BCUT2D eigenvalue weighted by molar-refractivity contribution is 5.62. The molecule has 1 aromatic carbocycles. The van der Waals surface area contributed by atoms with E-state index in [2.05, 4.69) is 24.1 Å². The van der Waals surface area contributed by atoms with E-state index in [4.69, 9.17) is 9.15 Å². The molecule has 0 aliphatic heterocycles. The number of nitrogens with zero attached hydrogens (tertiary/aromatic N) is 1. The zero-order valence-corrected chi connectivity index (χ0v) is 14.5. The summed E-state index contributed by atoms with van der Waals surface area (Å²) in [5.74, 6) is 1.42. The Bertz CT molecular complexity index is 580. The second kappa shape index (κ2) is 9.36. The predicted molar refractivity (Wildman–Crippen MR) is 93.6 cm³/mol. The minimum Gasteiger partial charge on any atom is -0.493 e. The van der Waals surface area contributed by atoms with Crippen LogP contribution < -0.4 is 10.1 Å². The van der Waals surface area contributed by atoms with Crippen molar-refractivity contribution in [3.05, 3.63) is 36.2 Å². The maximum Gasteiger partial charge on any atom is 0.229 e. The molecule has 2 aromatic rings. The van der Waals surface area contributed by atoms with Gasteiger partial charge in [-0.3, -0.25) is 0 Å². The van der Waals surface area contributed by atoms with E-state index in [1.54, 1.807) is 6.26 Å². The van der Waals surface area contributed by atoms with Crippen LogP contribution in [0, 0.1) is 0 Å². The Balaban J connectivity index is 1.93. The van der Waals surface area contributed by atoms with Crippen molar-refractivity contribution < 1.29 is 9.15 Å². The number of oxazole rings is 1. The molecule has 4 heteroatoms. The topological polar surface area (TPSA) is 47.3 Å². The smallest absolute Gasteiger partial charge is 0.229 e. The number of rotatable bonds is 10. The molecule has 1 heterocycles. The Hall–Kier alpha value is -1.81. The SMILES string of the molecule is CCCCCC(C)NCc1coc(-c2ccccc2OCC)n1. The van der Waals surface area contributed by atoms with Crippen LogP contribution in [0.2, 0.25) is 0 Å². The number of ether oxygens (including phenoxy) is 1. The Kier molecular flexibility index (Phi) is 7.14. The molecule has 1 atom stereocenters. The largest absolute Gasteiger partial charge is 0.493 e. The van der Waals surface area contributed by atoms with Gasteiger partial charge in [0.15, 0.2) is 0 Å². The van der Waals surface area contributed by atoms with Crippen LogP contribution in [0.15, 0.2) is 34.9 Å². The maximum absolute atomic E-state index is 5.64. The quantitative estimate of drug-likeness (QED) is 0.640. The fraction of sp³-hybridized carbons (Fsp3) is 0.526. The lowest BCUT2D eigenvalue weighted by Gasteiger charge is -2.11. The molecule has 1 N–H and O–H groups in total. The molecule has 0 saturated carbocycles. The van der Waals surface area contributed by atoms with Gasteiger partial charge in [0.25, 0.3) is 0 Å². The summed E-state index contributed by atoms with van der Waals surface area (Å²) in [5.41, 5.74) is 1.82. The van der Waals surface area contributed by atoms with Gasteiger partial charge < -0.3 is 14.5 Å². The van der Waals surface area contributed by atoms with Crippen molar-refractivity contribution in [3.8, 4) is 17.2 Å². The molecule has 23 heavy (non-hydrogen) atoms.